The summed E-state index contributed by atoms with van der Waals surface area (Å²) < 4.78 is 46.6. The summed E-state index contributed by atoms with van der Waals surface area (Å²) in [7, 11) is -4.33. The highest BCUT2D eigenvalue weighted by atomic mass is 32.2. The van der Waals surface area contributed by atoms with Crippen LogP contribution in [0.1, 0.15) is 20.3 Å². The number of benzene rings is 2. The molecule has 2 aromatic rings. The van der Waals surface area contributed by atoms with E-state index in [-0.39, 0.29) is 35.3 Å². The first-order chi connectivity index (χ1) is 12.9. The predicted octanol–water partition coefficient (Wildman–Crippen LogP) is 1.11. The van der Waals surface area contributed by atoms with Gasteiger partial charge in [0.05, 0.1) is 12.2 Å². The molecule has 4 N–H and O–H groups in total. The van der Waals surface area contributed by atoms with Crippen LogP contribution in [0.25, 0.3) is 10.8 Å². The molecule has 3 rings (SSSR count). The molecule has 1 fully saturated rings. The number of carbonyl (C=O) groups excluding carboxylic acids is 1. The Bertz CT molecular complexity index is 1060. The standard InChI is InChI=1S/C17H19FN2O7S/c1-17(2,24)3-4-27-13-7-10-9(5-11(13)21)6-12(22)16(15(10)18)20-8-14(23)19-28(20,25)26/h5-7,21-22,24H,3-4,8H2,1-2H3,(H,19,23). The topological polar surface area (TPSA) is 136 Å². The van der Waals surface area contributed by atoms with Gasteiger partial charge in [-0.2, -0.15) is 8.42 Å². The van der Waals surface area contributed by atoms with Crippen LogP contribution < -0.4 is 13.8 Å². The molecule has 2 aromatic carbocycles. The number of phenols is 2. The number of nitrogens with one attached hydrogen (secondary N) is 1. The van der Waals surface area contributed by atoms with E-state index in [4.69, 9.17) is 4.74 Å². The maximum absolute atomic E-state index is 15.1. The van der Waals surface area contributed by atoms with Crippen molar-refractivity contribution in [3.63, 3.8) is 0 Å². The van der Waals surface area contributed by atoms with Crippen LogP contribution in [0.5, 0.6) is 17.2 Å². The van der Waals surface area contributed by atoms with Crippen LogP contribution >= 0.6 is 0 Å². The first-order valence-electron chi connectivity index (χ1n) is 8.26. The maximum atomic E-state index is 15.1. The molecular formula is C17H19FN2O7S. The third-order valence-corrected chi connectivity index (χ3v) is 5.53. The zero-order chi connectivity index (χ0) is 20.9. The number of halogens is 1. The first-order valence-corrected chi connectivity index (χ1v) is 9.70. The van der Waals surface area contributed by atoms with Gasteiger partial charge in [0.2, 0.25) is 0 Å². The second-order valence-corrected chi connectivity index (χ2v) is 8.64. The summed E-state index contributed by atoms with van der Waals surface area (Å²) in [4.78, 5) is 11.4. The third-order valence-electron chi connectivity index (χ3n) is 4.15. The van der Waals surface area contributed by atoms with Crippen LogP contribution in [0.4, 0.5) is 10.1 Å². The smallest absolute Gasteiger partial charge is 0.326 e. The van der Waals surface area contributed by atoms with Crippen molar-refractivity contribution in [2.24, 2.45) is 0 Å². The van der Waals surface area contributed by atoms with Crippen LogP contribution in [-0.4, -0.2) is 48.4 Å². The lowest BCUT2D eigenvalue weighted by atomic mass is 10.1. The number of phenolic OH excluding ortho intramolecular Hbond substituents is 2. The predicted molar refractivity (Wildman–Crippen MR) is 98.1 cm³/mol. The van der Waals surface area contributed by atoms with E-state index in [1.807, 2.05) is 0 Å². The number of anilines is 1. The van der Waals surface area contributed by atoms with E-state index in [9.17, 15) is 28.5 Å². The van der Waals surface area contributed by atoms with Gasteiger partial charge in [0.1, 0.15) is 18.0 Å². The normalized spacial score (nSPS) is 16.4. The molecule has 0 unspecified atom stereocenters. The summed E-state index contributed by atoms with van der Waals surface area (Å²) in [6, 6.07) is 3.39. The highest BCUT2D eigenvalue weighted by Gasteiger charge is 2.38. The fraction of sp³-hybridized carbons (Fsp3) is 0.353. The summed E-state index contributed by atoms with van der Waals surface area (Å²) in [6.07, 6.45) is 0.244. The molecule has 0 aromatic heterocycles. The van der Waals surface area contributed by atoms with Crippen molar-refractivity contribution in [1.82, 2.24) is 4.72 Å². The van der Waals surface area contributed by atoms with Crippen molar-refractivity contribution in [1.29, 1.82) is 0 Å². The van der Waals surface area contributed by atoms with E-state index < -0.39 is 45.5 Å². The Morgan fingerprint density at radius 2 is 1.89 bits per heavy atom. The Labute approximate surface area is 160 Å². The molecule has 28 heavy (non-hydrogen) atoms. The molecule has 1 aliphatic rings. The molecule has 1 heterocycles. The lowest BCUT2D eigenvalue weighted by Gasteiger charge is -2.19. The molecule has 0 aliphatic carbocycles. The lowest BCUT2D eigenvalue weighted by molar-refractivity contribution is -0.117. The number of aromatic hydroxyl groups is 2. The summed E-state index contributed by atoms with van der Waals surface area (Å²) in [6.45, 7) is 2.52. The average Bonchev–Trinajstić information content (AvgIpc) is 2.80. The zero-order valence-electron chi connectivity index (χ0n) is 15.1. The van der Waals surface area contributed by atoms with Gasteiger partial charge < -0.3 is 20.1 Å². The monoisotopic (exact) mass is 414 g/mol. The third kappa shape index (κ3) is 3.76. The van der Waals surface area contributed by atoms with E-state index >= 15 is 4.39 Å². The molecule has 11 heteroatoms. The van der Waals surface area contributed by atoms with Crippen LogP contribution in [0.2, 0.25) is 0 Å². The lowest BCUT2D eigenvalue weighted by Crippen LogP contribution is -2.30. The zero-order valence-corrected chi connectivity index (χ0v) is 15.9. The van der Waals surface area contributed by atoms with Gasteiger partial charge in [-0.25, -0.2) is 13.4 Å². The number of carbonyl (C=O) groups is 1. The fourth-order valence-corrected chi connectivity index (χ4v) is 3.92. The van der Waals surface area contributed by atoms with Crippen molar-refractivity contribution in [2.75, 3.05) is 17.5 Å². The summed E-state index contributed by atoms with van der Waals surface area (Å²) in [5.41, 5.74) is -1.68. The van der Waals surface area contributed by atoms with Crippen LogP contribution in [0.3, 0.4) is 0 Å². The molecule has 1 saturated heterocycles. The second kappa shape index (κ2) is 6.67. The number of fused-ring (bicyclic) bond motifs is 1. The number of amides is 1. The van der Waals surface area contributed by atoms with Crippen LogP contribution in [-0.2, 0) is 15.0 Å². The Morgan fingerprint density at radius 1 is 1.25 bits per heavy atom. The van der Waals surface area contributed by atoms with Crippen molar-refractivity contribution in [3.05, 3.63) is 24.0 Å². The van der Waals surface area contributed by atoms with E-state index in [1.165, 1.54) is 0 Å². The van der Waals surface area contributed by atoms with Gasteiger partial charge >= 0.3 is 10.2 Å². The van der Waals surface area contributed by atoms with Gasteiger partial charge in [-0.3, -0.25) is 4.79 Å². The Balaban J connectivity index is 2.06. The van der Waals surface area contributed by atoms with E-state index in [2.05, 4.69) is 0 Å². The van der Waals surface area contributed by atoms with E-state index in [1.54, 1.807) is 18.6 Å². The van der Waals surface area contributed by atoms with Crippen LogP contribution in [0, 0.1) is 5.82 Å². The fourth-order valence-electron chi connectivity index (χ4n) is 2.76. The van der Waals surface area contributed by atoms with Gasteiger partial charge in [0.25, 0.3) is 5.91 Å². The molecular weight excluding hydrogens is 395 g/mol. The van der Waals surface area contributed by atoms with Gasteiger partial charge in [0, 0.05) is 11.8 Å². The highest BCUT2D eigenvalue weighted by Crippen LogP contribution is 2.41. The summed E-state index contributed by atoms with van der Waals surface area (Å²) in [5.74, 6) is -3.06. The Morgan fingerprint density at radius 3 is 2.46 bits per heavy atom. The molecule has 1 amide bonds. The van der Waals surface area contributed by atoms with E-state index in [0.29, 0.717) is 4.31 Å². The maximum Gasteiger partial charge on any atom is 0.326 e. The van der Waals surface area contributed by atoms with Gasteiger partial charge in [-0.1, -0.05) is 0 Å². The van der Waals surface area contributed by atoms with E-state index in [0.717, 1.165) is 18.2 Å². The minimum Gasteiger partial charge on any atom is -0.506 e. The molecule has 152 valence electrons. The number of rotatable bonds is 5. The number of hydrogen-bond acceptors (Lipinski definition) is 7. The van der Waals surface area contributed by atoms with Crippen LogP contribution in [0.15, 0.2) is 18.2 Å². The van der Waals surface area contributed by atoms with Crippen molar-refractivity contribution >= 4 is 32.6 Å². The number of aliphatic hydroxyl groups is 1. The van der Waals surface area contributed by atoms with Gasteiger partial charge in [-0.15, -0.1) is 0 Å². The number of ether oxygens (including phenoxy) is 1. The van der Waals surface area contributed by atoms with Crippen molar-refractivity contribution in [2.45, 2.75) is 25.9 Å². The first kappa shape index (κ1) is 20.0. The molecule has 0 spiro atoms. The minimum atomic E-state index is -4.33. The largest absolute Gasteiger partial charge is 0.506 e. The quantitative estimate of drug-likeness (QED) is 0.575. The summed E-state index contributed by atoms with van der Waals surface area (Å²) >= 11 is 0. The minimum absolute atomic E-state index is 0.0358. The SMILES string of the molecule is CC(C)(O)CCOc1cc2c(F)c(N3CC(=O)NS3(=O)=O)c(O)cc2cc1O. The van der Waals surface area contributed by atoms with Gasteiger partial charge in [-0.05, 0) is 37.4 Å². The number of nitrogens with zero attached hydrogens (tertiary/aromatic N) is 1. The van der Waals surface area contributed by atoms with Gasteiger partial charge in [0.15, 0.2) is 17.3 Å². The highest BCUT2D eigenvalue weighted by molar-refractivity contribution is 7.92. The Kier molecular flexibility index (Phi) is 4.76. The summed E-state index contributed by atoms with van der Waals surface area (Å²) in [5, 5.41) is 29.9. The molecule has 0 saturated carbocycles. The molecule has 9 nitrogen and oxygen atoms in total. The number of hydrogen-bond donors (Lipinski definition) is 4. The molecule has 0 radical (unpaired) electrons. The second-order valence-electron chi connectivity index (χ2n) is 7.05. The molecule has 0 bridgehead atoms. The molecule has 1 aliphatic heterocycles. The average molecular weight is 414 g/mol. The molecule has 0 atom stereocenters. The van der Waals surface area contributed by atoms with Crippen molar-refractivity contribution < 1.29 is 37.7 Å². The van der Waals surface area contributed by atoms with Crippen molar-refractivity contribution in [3.8, 4) is 17.2 Å². The Hall–Kier alpha value is -2.79.